The number of allylic oxidation sites excluding steroid dienone is 8. The van der Waals surface area contributed by atoms with Crippen molar-refractivity contribution >= 4 is 23.1 Å². The molecule has 0 unspecified atom stereocenters. The van der Waals surface area contributed by atoms with E-state index >= 15 is 0 Å². The number of benzene rings is 2. The van der Waals surface area contributed by atoms with Gasteiger partial charge in [-0.15, -0.1) is 0 Å². The fraction of sp³-hybridized carbons (Fsp3) is 0.0345. The fourth-order valence-electron chi connectivity index (χ4n) is 3.37. The molecule has 184 valence electrons. The molecule has 0 saturated heterocycles. The van der Waals surface area contributed by atoms with E-state index in [1.807, 2.05) is 12.1 Å². The van der Waals surface area contributed by atoms with Crippen LogP contribution in [0.2, 0.25) is 0 Å². The van der Waals surface area contributed by atoms with Crippen molar-refractivity contribution in [3.63, 3.8) is 0 Å². The van der Waals surface area contributed by atoms with Crippen molar-refractivity contribution in [1.29, 1.82) is 26.3 Å². The van der Waals surface area contributed by atoms with Gasteiger partial charge in [-0.3, -0.25) is 0 Å². The molecule has 0 aliphatic heterocycles. The van der Waals surface area contributed by atoms with Gasteiger partial charge in [-0.1, -0.05) is 30.3 Å². The molecule has 0 aliphatic carbocycles. The Labute approximate surface area is 222 Å². The standard InChI is InChI=1S/C29H14N6O4/c1-35-25(17-34)27(19-7-11-21(12-8-19)29(38)39)23(14-31)4-2-3-22(13-30)26(24(15-32)16-33)18-5-9-20(10-6-18)28(36)37/h2-12,24H,(H,36,37)(H,38,39)/b3-2+,23-4+,26-22-,27-25+. The SMILES string of the molecule is [C-]#[N+]/C(C#N)=C(/C(C#N)=C/C=C/C(C#N)=C(\c1ccc(C(=O)O)cc1)C(C#N)C#N)c1ccc(C(=O)O)cc1. The summed E-state index contributed by atoms with van der Waals surface area (Å²) in [5, 5.41) is 66.2. The van der Waals surface area contributed by atoms with Gasteiger partial charge in [-0.25, -0.2) is 19.7 Å². The third-order valence-corrected chi connectivity index (χ3v) is 5.19. The molecule has 0 fully saturated rings. The second kappa shape index (κ2) is 13.4. The first kappa shape index (κ1) is 28.5. The number of nitrogens with zero attached hydrogens (tertiary/aromatic N) is 6. The molecule has 0 heterocycles. The van der Waals surface area contributed by atoms with Crippen LogP contribution in [-0.2, 0) is 0 Å². The number of carboxylic acid groups (broad SMARTS) is 2. The molecule has 0 atom stereocenters. The van der Waals surface area contributed by atoms with Crippen LogP contribution in [-0.4, -0.2) is 22.2 Å². The highest BCUT2D eigenvalue weighted by Gasteiger charge is 2.20. The van der Waals surface area contributed by atoms with Crippen molar-refractivity contribution in [2.45, 2.75) is 0 Å². The number of carboxylic acids is 2. The minimum absolute atomic E-state index is 0.0153. The van der Waals surface area contributed by atoms with Crippen LogP contribution in [0, 0.1) is 69.1 Å². The zero-order valence-electron chi connectivity index (χ0n) is 19.8. The summed E-state index contributed by atoms with van der Waals surface area (Å²) in [7, 11) is 0. The van der Waals surface area contributed by atoms with Gasteiger partial charge in [0.1, 0.15) is 0 Å². The normalized spacial score (nSPS) is 11.9. The smallest absolute Gasteiger partial charge is 0.335 e. The summed E-state index contributed by atoms with van der Waals surface area (Å²) in [4.78, 5) is 25.5. The Bertz CT molecular complexity index is 1670. The van der Waals surface area contributed by atoms with Crippen molar-refractivity contribution in [3.8, 4) is 30.3 Å². The van der Waals surface area contributed by atoms with Crippen molar-refractivity contribution in [1.82, 2.24) is 0 Å². The van der Waals surface area contributed by atoms with Crippen LogP contribution < -0.4 is 0 Å². The van der Waals surface area contributed by atoms with Gasteiger partial charge in [0, 0.05) is 11.1 Å². The number of carbonyl (C=O) groups is 2. The maximum atomic E-state index is 11.2. The molecule has 0 aliphatic rings. The van der Waals surface area contributed by atoms with Gasteiger partial charge in [-0.2, -0.15) is 21.0 Å². The lowest BCUT2D eigenvalue weighted by atomic mass is 9.89. The molecule has 0 saturated carbocycles. The summed E-state index contributed by atoms with van der Waals surface area (Å²) < 4.78 is 0. The molecular formula is C29H14N6O4. The maximum absolute atomic E-state index is 11.2. The number of rotatable bonds is 8. The van der Waals surface area contributed by atoms with E-state index in [0.717, 1.165) is 0 Å². The molecule has 2 aromatic rings. The predicted octanol–water partition coefficient (Wildman–Crippen LogP) is 4.88. The second-order valence-electron chi connectivity index (χ2n) is 7.39. The topological polar surface area (TPSA) is 198 Å². The number of nitriles is 5. The Morgan fingerprint density at radius 2 is 1.26 bits per heavy atom. The van der Waals surface area contributed by atoms with Gasteiger partial charge in [0.2, 0.25) is 0 Å². The average molecular weight is 510 g/mol. The van der Waals surface area contributed by atoms with E-state index in [2.05, 4.69) is 4.85 Å². The van der Waals surface area contributed by atoms with Crippen molar-refractivity contribution in [2.75, 3.05) is 0 Å². The zero-order valence-corrected chi connectivity index (χ0v) is 19.8. The third-order valence-electron chi connectivity index (χ3n) is 5.19. The summed E-state index contributed by atoms with van der Waals surface area (Å²) in [5.41, 5.74) is -0.330. The summed E-state index contributed by atoms with van der Waals surface area (Å²) in [6, 6.07) is 19.5. The Balaban J connectivity index is 2.70. The lowest BCUT2D eigenvalue weighted by molar-refractivity contribution is 0.0686. The minimum Gasteiger partial charge on any atom is -0.478 e. The molecule has 10 nitrogen and oxygen atoms in total. The first-order valence-electron chi connectivity index (χ1n) is 10.7. The molecule has 0 spiro atoms. The predicted molar refractivity (Wildman–Crippen MR) is 136 cm³/mol. The monoisotopic (exact) mass is 510 g/mol. The summed E-state index contributed by atoms with van der Waals surface area (Å²) in [6.45, 7) is 7.32. The van der Waals surface area contributed by atoms with Gasteiger partial charge in [0.15, 0.2) is 5.92 Å². The molecule has 0 bridgehead atoms. The van der Waals surface area contributed by atoms with Crippen LogP contribution in [0.3, 0.4) is 0 Å². The third kappa shape index (κ3) is 6.70. The van der Waals surface area contributed by atoms with Gasteiger partial charge in [-0.05, 0) is 47.5 Å². The Morgan fingerprint density at radius 1 is 0.769 bits per heavy atom. The largest absolute Gasteiger partial charge is 0.478 e. The fourth-order valence-corrected chi connectivity index (χ4v) is 3.37. The highest BCUT2D eigenvalue weighted by Crippen LogP contribution is 2.30. The number of aromatic carboxylic acids is 2. The van der Waals surface area contributed by atoms with E-state index in [0.29, 0.717) is 0 Å². The van der Waals surface area contributed by atoms with Gasteiger partial charge in [0.05, 0.1) is 59.2 Å². The van der Waals surface area contributed by atoms with E-state index in [1.54, 1.807) is 18.2 Å². The van der Waals surface area contributed by atoms with Gasteiger partial charge >= 0.3 is 11.9 Å². The van der Waals surface area contributed by atoms with Crippen LogP contribution in [0.15, 0.2) is 83.6 Å². The highest BCUT2D eigenvalue weighted by molar-refractivity contribution is 5.91. The molecule has 0 amide bonds. The molecule has 2 N–H and O–H groups in total. The summed E-state index contributed by atoms with van der Waals surface area (Å²) in [5.74, 6) is -3.75. The number of hydrogen-bond acceptors (Lipinski definition) is 7. The van der Waals surface area contributed by atoms with Crippen molar-refractivity contribution < 1.29 is 19.8 Å². The van der Waals surface area contributed by atoms with Gasteiger partial charge in [0.25, 0.3) is 5.70 Å². The number of hydrogen-bond donors (Lipinski definition) is 2. The second-order valence-corrected chi connectivity index (χ2v) is 7.39. The molecule has 2 rings (SSSR count). The molecule has 39 heavy (non-hydrogen) atoms. The van der Waals surface area contributed by atoms with E-state index in [9.17, 15) is 35.9 Å². The Hall–Kier alpha value is -6.72. The maximum Gasteiger partial charge on any atom is 0.335 e. The highest BCUT2D eigenvalue weighted by atomic mass is 16.4. The first-order chi connectivity index (χ1) is 18.8. The van der Waals surface area contributed by atoms with Crippen molar-refractivity contribution in [3.05, 3.63) is 117 Å². The van der Waals surface area contributed by atoms with Crippen LogP contribution in [0.1, 0.15) is 31.8 Å². The lowest BCUT2D eigenvalue weighted by Gasteiger charge is -2.10. The van der Waals surface area contributed by atoms with E-state index in [1.165, 1.54) is 66.8 Å². The molecule has 0 radical (unpaired) electrons. The summed E-state index contributed by atoms with van der Waals surface area (Å²) in [6.07, 6.45) is 3.72. The quantitative estimate of drug-likeness (QED) is 0.282. The van der Waals surface area contributed by atoms with E-state index < -0.39 is 23.6 Å². The first-order valence-corrected chi connectivity index (χ1v) is 10.7. The Kier molecular flexibility index (Phi) is 9.79. The summed E-state index contributed by atoms with van der Waals surface area (Å²) >= 11 is 0. The lowest BCUT2D eigenvalue weighted by Crippen LogP contribution is -2.02. The minimum atomic E-state index is -1.38. The van der Waals surface area contributed by atoms with Crippen LogP contribution in [0.5, 0.6) is 0 Å². The van der Waals surface area contributed by atoms with E-state index in [-0.39, 0.29) is 44.5 Å². The molecule has 2 aromatic carbocycles. The average Bonchev–Trinajstić information content (AvgIpc) is 2.95. The van der Waals surface area contributed by atoms with E-state index in [4.69, 9.17) is 16.8 Å². The molecular weight excluding hydrogens is 496 g/mol. The Morgan fingerprint density at radius 3 is 1.64 bits per heavy atom. The van der Waals surface area contributed by atoms with Crippen LogP contribution in [0.4, 0.5) is 0 Å². The molecule has 10 heteroatoms. The molecule has 0 aromatic heterocycles. The van der Waals surface area contributed by atoms with Crippen molar-refractivity contribution in [2.24, 2.45) is 5.92 Å². The van der Waals surface area contributed by atoms with Crippen LogP contribution in [0.25, 0.3) is 16.0 Å². The van der Waals surface area contributed by atoms with Crippen LogP contribution >= 0.6 is 0 Å². The van der Waals surface area contributed by atoms with Gasteiger partial charge < -0.3 is 10.2 Å². The zero-order chi connectivity index (χ0) is 28.9.